The number of carbonyl (C=O) groups excluding carboxylic acids is 1. The maximum Gasteiger partial charge on any atom is 0.224 e. The van der Waals surface area contributed by atoms with Crippen molar-refractivity contribution in [3.8, 4) is 5.75 Å². The van der Waals surface area contributed by atoms with E-state index in [1.807, 2.05) is 44.2 Å². The normalized spacial score (nSPS) is 13.3. The van der Waals surface area contributed by atoms with Gasteiger partial charge in [-0.05, 0) is 67.3 Å². The summed E-state index contributed by atoms with van der Waals surface area (Å²) in [7, 11) is 0. The molecule has 0 saturated heterocycles. The first-order valence-corrected chi connectivity index (χ1v) is 8.70. The van der Waals surface area contributed by atoms with Crippen LogP contribution in [0.5, 0.6) is 5.75 Å². The lowest BCUT2D eigenvalue weighted by Gasteiger charge is -2.17. The fourth-order valence-corrected chi connectivity index (χ4v) is 3.01. The SMILES string of the molecule is Cc1cc(C)cc(NC(N)=NCCOc2ccc3c(c2)CCC(=O)N3)c1.I. The number of fused-ring (bicyclic) bond motifs is 1. The number of hydrogen-bond acceptors (Lipinski definition) is 3. The van der Waals surface area contributed by atoms with Gasteiger partial charge in [0.2, 0.25) is 5.91 Å². The van der Waals surface area contributed by atoms with Crippen LogP contribution in [0.15, 0.2) is 41.4 Å². The largest absolute Gasteiger partial charge is 0.492 e. The van der Waals surface area contributed by atoms with E-state index in [0.29, 0.717) is 25.5 Å². The first-order chi connectivity index (χ1) is 12.5. The second-order valence-electron chi connectivity index (χ2n) is 6.48. The van der Waals surface area contributed by atoms with Crippen LogP contribution in [0, 0.1) is 13.8 Å². The van der Waals surface area contributed by atoms with Crippen LogP contribution >= 0.6 is 24.0 Å². The molecule has 3 rings (SSSR count). The Morgan fingerprint density at radius 1 is 1.19 bits per heavy atom. The average Bonchev–Trinajstić information content (AvgIpc) is 2.58. The summed E-state index contributed by atoms with van der Waals surface area (Å²) in [6, 6.07) is 11.9. The highest BCUT2D eigenvalue weighted by molar-refractivity contribution is 14.0. The second kappa shape index (κ2) is 9.59. The summed E-state index contributed by atoms with van der Waals surface area (Å²) in [6.07, 6.45) is 1.25. The zero-order chi connectivity index (χ0) is 18.5. The Labute approximate surface area is 176 Å². The first-order valence-electron chi connectivity index (χ1n) is 8.70. The molecular formula is C20H25IN4O2. The van der Waals surface area contributed by atoms with Crippen LogP contribution in [0.2, 0.25) is 0 Å². The van der Waals surface area contributed by atoms with E-state index < -0.39 is 0 Å². The third-order valence-corrected chi connectivity index (χ3v) is 4.11. The molecular weight excluding hydrogens is 455 g/mol. The van der Waals surface area contributed by atoms with E-state index in [9.17, 15) is 4.79 Å². The summed E-state index contributed by atoms with van der Waals surface area (Å²) in [4.78, 5) is 15.7. The summed E-state index contributed by atoms with van der Waals surface area (Å²) in [5, 5.41) is 5.96. The number of nitrogens with zero attached hydrogens (tertiary/aromatic N) is 1. The van der Waals surface area contributed by atoms with Crippen molar-refractivity contribution in [1.29, 1.82) is 0 Å². The molecule has 1 amide bonds. The van der Waals surface area contributed by atoms with E-state index in [1.165, 1.54) is 11.1 Å². The van der Waals surface area contributed by atoms with Gasteiger partial charge in [0.1, 0.15) is 12.4 Å². The molecule has 1 aliphatic heterocycles. The van der Waals surface area contributed by atoms with Crippen LogP contribution in [0.1, 0.15) is 23.1 Å². The molecule has 0 unspecified atom stereocenters. The fraction of sp³-hybridized carbons (Fsp3) is 0.300. The van der Waals surface area contributed by atoms with Crippen molar-refractivity contribution in [2.24, 2.45) is 10.7 Å². The summed E-state index contributed by atoms with van der Waals surface area (Å²) >= 11 is 0. The smallest absolute Gasteiger partial charge is 0.224 e. The molecule has 4 N–H and O–H groups in total. The predicted molar refractivity (Wildman–Crippen MR) is 120 cm³/mol. The number of ether oxygens (including phenoxy) is 1. The van der Waals surface area contributed by atoms with Crippen molar-refractivity contribution in [3.63, 3.8) is 0 Å². The monoisotopic (exact) mass is 480 g/mol. The molecule has 27 heavy (non-hydrogen) atoms. The lowest BCUT2D eigenvalue weighted by molar-refractivity contribution is -0.116. The number of carbonyl (C=O) groups is 1. The number of hydrogen-bond donors (Lipinski definition) is 3. The van der Waals surface area contributed by atoms with E-state index in [0.717, 1.165) is 29.1 Å². The van der Waals surface area contributed by atoms with E-state index in [-0.39, 0.29) is 29.9 Å². The molecule has 0 atom stereocenters. The molecule has 144 valence electrons. The van der Waals surface area contributed by atoms with Gasteiger partial charge in [0, 0.05) is 17.8 Å². The minimum absolute atomic E-state index is 0. The number of nitrogens with one attached hydrogen (secondary N) is 2. The number of nitrogens with two attached hydrogens (primary N) is 1. The van der Waals surface area contributed by atoms with Gasteiger partial charge in [-0.1, -0.05) is 6.07 Å². The second-order valence-corrected chi connectivity index (χ2v) is 6.48. The summed E-state index contributed by atoms with van der Waals surface area (Å²) in [5.74, 6) is 1.20. The molecule has 1 aliphatic rings. The van der Waals surface area contributed by atoms with Gasteiger partial charge in [-0.15, -0.1) is 24.0 Å². The molecule has 0 fully saturated rings. The topological polar surface area (TPSA) is 88.7 Å². The predicted octanol–water partition coefficient (Wildman–Crippen LogP) is 3.61. The molecule has 0 aliphatic carbocycles. The maximum atomic E-state index is 11.4. The summed E-state index contributed by atoms with van der Waals surface area (Å²) < 4.78 is 5.73. The zero-order valence-electron chi connectivity index (χ0n) is 15.5. The Hall–Kier alpha value is -2.29. The van der Waals surface area contributed by atoms with Crippen molar-refractivity contribution < 1.29 is 9.53 Å². The molecule has 1 heterocycles. The summed E-state index contributed by atoms with van der Waals surface area (Å²) in [6.45, 7) is 4.98. The first kappa shape index (κ1) is 21.0. The van der Waals surface area contributed by atoms with E-state index in [4.69, 9.17) is 10.5 Å². The van der Waals surface area contributed by atoms with Gasteiger partial charge >= 0.3 is 0 Å². The van der Waals surface area contributed by atoms with E-state index in [2.05, 4.69) is 21.7 Å². The highest BCUT2D eigenvalue weighted by atomic mass is 127. The number of guanidine groups is 1. The molecule has 0 aromatic heterocycles. The van der Waals surface area contributed by atoms with Crippen LogP contribution in [0.4, 0.5) is 11.4 Å². The lowest BCUT2D eigenvalue weighted by Crippen LogP contribution is -2.23. The number of amides is 1. The molecule has 2 aromatic carbocycles. The quantitative estimate of drug-likeness (QED) is 0.264. The maximum absolute atomic E-state index is 11.4. The van der Waals surface area contributed by atoms with Gasteiger partial charge in [0.05, 0.1) is 6.54 Å². The molecule has 0 bridgehead atoms. The molecule has 7 heteroatoms. The number of aryl methyl sites for hydroxylation is 3. The molecule has 0 radical (unpaired) electrons. The highest BCUT2D eigenvalue weighted by Gasteiger charge is 2.14. The number of rotatable bonds is 5. The van der Waals surface area contributed by atoms with Gasteiger partial charge in [0.25, 0.3) is 0 Å². The van der Waals surface area contributed by atoms with Gasteiger partial charge in [-0.25, -0.2) is 4.99 Å². The lowest BCUT2D eigenvalue weighted by atomic mass is 10.0. The van der Waals surface area contributed by atoms with Crippen LogP contribution in [-0.4, -0.2) is 25.0 Å². The van der Waals surface area contributed by atoms with Gasteiger partial charge in [-0.3, -0.25) is 4.79 Å². The Bertz CT molecular complexity index is 832. The van der Waals surface area contributed by atoms with Crippen molar-refractivity contribution in [2.45, 2.75) is 26.7 Å². The third-order valence-electron chi connectivity index (χ3n) is 4.11. The van der Waals surface area contributed by atoms with E-state index in [1.54, 1.807) is 0 Å². The number of benzene rings is 2. The van der Waals surface area contributed by atoms with Crippen LogP contribution in [0.3, 0.4) is 0 Å². The molecule has 2 aromatic rings. The minimum atomic E-state index is 0. The Morgan fingerprint density at radius 3 is 2.67 bits per heavy atom. The molecule has 0 saturated carbocycles. The van der Waals surface area contributed by atoms with E-state index >= 15 is 0 Å². The van der Waals surface area contributed by atoms with Crippen LogP contribution in [0.25, 0.3) is 0 Å². The Kier molecular flexibility index (Phi) is 7.46. The standard InChI is InChI=1S/C20H24N4O2.HI/c1-13-9-14(2)11-16(10-13)23-20(21)22-7-8-26-17-4-5-18-15(12-17)3-6-19(25)24-18;/h4-5,9-12H,3,6-8H2,1-2H3,(H,24,25)(H3,21,22,23);1H. The highest BCUT2D eigenvalue weighted by Crippen LogP contribution is 2.26. The number of aliphatic imine (C=N–C) groups is 1. The van der Waals surface area contributed by atoms with Crippen molar-refractivity contribution in [1.82, 2.24) is 0 Å². The fourth-order valence-electron chi connectivity index (χ4n) is 3.01. The van der Waals surface area contributed by atoms with Crippen molar-refractivity contribution in [3.05, 3.63) is 53.1 Å². The van der Waals surface area contributed by atoms with Gasteiger partial charge in [-0.2, -0.15) is 0 Å². The van der Waals surface area contributed by atoms with Crippen molar-refractivity contribution in [2.75, 3.05) is 23.8 Å². The Balaban J connectivity index is 0.00000261. The minimum Gasteiger partial charge on any atom is -0.492 e. The third kappa shape index (κ3) is 6.13. The van der Waals surface area contributed by atoms with Gasteiger partial charge < -0.3 is 21.1 Å². The van der Waals surface area contributed by atoms with Crippen LogP contribution in [-0.2, 0) is 11.2 Å². The van der Waals surface area contributed by atoms with Crippen LogP contribution < -0.4 is 21.1 Å². The number of anilines is 2. The zero-order valence-corrected chi connectivity index (χ0v) is 17.9. The number of halogens is 1. The summed E-state index contributed by atoms with van der Waals surface area (Å²) in [5.41, 5.74) is 11.2. The molecule has 0 spiro atoms. The average molecular weight is 480 g/mol. The van der Waals surface area contributed by atoms with Crippen molar-refractivity contribution >= 4 is 47.2 Å². The molecule has 6 nitrogen and oxygen atoms in total. The Morgan fingerprint density at radius 2 is 1.93 bits per heavy atom. The van der Waals surface area contributed by atoms with Gasteiger partial charge in [0.15, 0.2) is 5.96 Å².